The van der Waals surface area contributed by atoms with Crippen molar-refractivity contribution < 1.29 is 0 Å². The lowest BCUT2D eigenvalue weighted by Crippen LogP contribution is -2.35. The van der Waals surface area contributed by atoms with Crippen molar-refractivity contribution in [1.29, 1.82) is 0 Å². The number of nitrogens with one attached hydrogen (secondary N) is 1. The third-order valence-corrected chi connectivity index (χ3v) is 3.83. The minimum absolute atomic E-state index is 0.412. The molecule has 0 aliphatic carbocycles. The highest BCUT2D eigenvalue weighted by atomic mass is 15.2. The Morgan fingerprint density at radius 1 is 1.29 bits per heavy atom. The smallest absolute Gasteiger partial charge is 0.147 e. The molecule has 2 aromatic rings. The minimum Gasteiger partial charge on any atom is -0.373 e. The van der Waals surface area contributed by atoms with E-state index in [0.717, 1.165) is 49.1 Å². The van der Waals surface area contributed by atoms with E-state index in [1.807, 2.05) is 20.2 Å². The van der Waals surface area contributed by atoms with Crippen molar-refractivity contribution in [3.63, 3.8) is 0 Å². The molecule has 21 heavy (non-hydrogen) atoms. The van der Waals surface area contributed by atoms with Crippen molar-refractivity contribution in [3.05, 3.63) is 36.2 Å². The highest BCUT2D eigenvalue weighted by Gasteiger charge is 2.24. The Hall–Kier alpha value is -2.24. The lowest BCUT2D eigenvalue weighted by atomic mass is 9.94. The van der Waals surface area contributed by atoms with Crippen LogP contribution in [0.5, 0.6) is 0 Å². The zero-order valence-electron chi connectivity index (χ0n) is 12.5. The molecule has 0 saturated carbocycles. The Kier molecular flexibility index (Phi) is 3.94. The van der Waals surface area contributed by atoms with Crippen LogP contribution >= 0.6 is 0 Å². The number of hydrogen-bond donors (Lipinski definition) is 1. The first-order chi connectivity index (χ1) is 10.3. The summed E-state index contributed by atoms with van der Waals surface area (Å²) in [4.78, 5) is 19.8. The molecule has 0 unspecified atom stereocenters. The lowest BCUT2D eigenvalue weighted by molar-refractivity contribution is 0.497. The fourth-order valence-electron chi connectivity index (χ4n) is 2.81. The fraction of sp³-hybridized carbons (Fsp3) is 0.467. The summed E-state index contributed by atoms with van der Waals surface area (Å²) in [6, 6.07) is 2.05. The summed E-state index contributed by atoms with van der Waals surface area (Å²) < 4.78 is 0. The SMILES string of the molecule is CNc1cc([C@H]2CCCN(c3cnccn3)C2)nc(C)n1. The summed E-state index contributed by atoms with van der Waals surface area (Å²) >= 11 is 0. The van der Waals surface area contributed by atoms with Gasteiger partial charge in [0, 0.05) is 44.5 Å². The summed E-state index contributed by atoms with van der Waals surface area (Å²) in [5.41, 5.74) is 1.11. The monoisotopic (exact) mass is 284 g/mol. The summed E-state index contributed by atoms with van der Waals surface area (Å²) in [6.07, 6.45) is 7.56. The predicted molar refractivity (Wildman–Crippen MR) is 82.5 cm³/mol. The molecule has 0 spiro atoms. The van der Waals surface area contributed by atoms with Crippen LogP contribution in [0.1, 0.15) is 30.3 Å². The molecule has 0 aromatic carbocycles. The van der Waals surface area contributed by atoms with Crippen LogP contribution in [0, 0.1) is 6.92 Å². The molecule has 6 nitrogen and oxygen atoms in total. The topological polar surface area (TPSA) is 66.8 Å². The number of aryl methyl sites for hydroxylation is 1. The van der Waals surface area contributed by atoms with Crippen LogP contribution in [-0.4, -0.2) is 40.1 Å². The van der Waals surface area contributed by atoms with E-state index in [1.54, 1.807) is 12.4 Å². The molecule has 6 heteroatoms. The van der Waals surface area contributed by atoms with Gasteiger partial charge in [0.15, 0.2) is 0 Å². The molecule has 0 amide bonds. The van der Waals surface area contributed by atoms with Crippen molar-refractivity contribution in [2.24, 2.45) is 0 Å². The number of piperidine rings is 1. The summed E-state index contributed by atoms with van der Waals surface area (Å²) in [5, 5.41) is 3.10. The molecule has 110 valence electrons. The highest BCUT2D eigenvalue weighted by molar-refractivity contribution is 5.40. The van der Waals surface area contributed by atoms with E-state index in [0.29, 0.717) is 5.92 Å². The van der Waals surface area contributed by atoms with Gasteiger partial charge in [-0.1, -0.05) is 0 Å². The van der Waals surface area contributed by atoms with Gasteiger partial charge in [0.05, 0.1) is 11.9 Å². The summed E-state index contributed by atoms with van der Waals surface area (Å²) in [7, 11) is 1.89. The van der Waals surface area contributed by atoms with Crippen molar-refractivity contribution >= 4 is 11.6 Å². The quantitative estimate of drug-likeness (QED) is 0.930. The van der Waals surface area contributed by atoms with Gasteiger partial charge >= 0.3 is 0 Å². The van der Waals surface area contributed by atoms with E-state index in [2.05, 4.69) is 36.2 Å². The molecule has 0 bridgehead atoms. The van der Waals surface area contributed by atoms with Crippen LogP contribution in [-0.2, 0) is 0 Å². The summed E-state index contributed by atoms with van der Waals surface area (Å²) in [5.74, 6) is 3.05. The molecule has 1 atom stereocenters. The Bertz CT molecular complexity index is 600. The van der Waals surface area contributed by atoms with Crippen molar-refractivity contribution in [2.45, 2.75) is 25.7 Å². The average molecular weight is 284 g/mol. The van der Waals surface area contributed by atoms with Crippen molar-refractivity contribution in [3.8, 4) is 0 Å². The average Bonchev–Trinajstić information content (AvgIpc) is 2.55. The maximum atomic E-state index is 4.62. The minimum atomic E-state index is 0.412. The van der Waals surface area contributed by atoms with E-state index in [4.69, 9.17) is 0 Å². The maximum Gasteiger partial charge on any atom is 0.147 e. The van der Waals surface area contributed by atoms with Crippen LogP contribution in [0.2, 0.25) is 0 Å². The second-order valence-electron chi connectivity index (χ2n) is 5.32. The van der Waals surface area contributed by atoms with Crippen LogP contribution in [0.15, 0.2) is 24.7 Å². The number of aromatic nitrogens is 4. The first-order valence-electron chi connectivity index (χ1n) is 7.30. The zero-order valence-corrected chi connectivity index (χ0v) is 12.5. The van der Waals surface area contributed by atoms with Crippen LogP contribution in [0.25, 0.3) is 0 Å². The van der Waals surface area contributed by atoms with Gasteiger partial charge in [-0.2, -0.15) is 0 Å². The molecular weight excluding hydrogens is 264 g/mol. The normalized spacial score (nSPS) is 18.6. The maximum absolute atomic E-state index is 4.62. The highest BCUT2D eigenvalue weighted by Crippen LogP contribution is 2.28. The van der Waals surface area contributed by atoms with Gasteiger partial charge in [-0.15, -0.1) is 0 Å². The van der Waals surface area contributed by atoms with Gasteiger partial charge in [-0.3, -0.25) is 4.98 Å². The van der Waals surface area contributed by atoms with Crippen LogP contribution in [0.4, 0.5) is 11.6 Å². The second kappa shape index (κ2) is 6.03. The molecule has 1 saturated heterocycles. The van der Waals surface area contributed by atoms with Gasteiger partial charge < -0.3 is 10.2 Å². The van der Waals surface area contributed by atoms with E-state index in [9.17, 15) is 0 Å². The third-order valence-electron chi connectivity index (χ3n) is 3.83. The van der Waals surface area contributed by atoms with Crippen molar-refractivity contribution in [2.75, 3.05) is 30.4 Å². The van der Waals surface area contributed by atoms with E-state index in [1.165, 1.54) is 0 Å². The van der Waals surface area contributed by atoms with Crippen LogP contribution in [0.3, 0.4) is 0 Å². The predicted octanol–water partition coefficient (Wildman–Crippen LogP) is 2.00. The second-order valence-corrected chi connectivity index (χ2v) is 5.32. The molecule has 3 heterocycles. The largest absolute Gasteiger partial charge is 0.373 e. The first kappa shape index (κ1) is 13.7. The van der Waals surface area contributed by atoms with E-state index < -0.39 is 0 Å². The Labute approximate surface area is 124 Å². The molecule has 1 aliphatic rings. The standard InChI is InChI=1S/C15H20N6/c1-11-19-13(8-14(16-2)20-11)12-4-3-7-21(10-12)15-9-17-5-6-18-15/h5-6,8-9,12H,3-4,7,10H2,1-2H3,(H,16,19,20)/t12-/m0/s1. The number of nitrogens with zero attached hydrogens (tertiary/aromatic N) is 5. The first-order valence-corrected chi connectivity index (χ1v) is 7.30. The van der Waals surface area contributed by atoms with Gasteiger partial charge in [-0.05, 0) is 19.8 Å². The molecule has 1 N–H and O–H groups in total. The molecule has 0 radical (unpaired) electrons. The van der Waals surface area contributed by atoms with Crippen LogP contribution < -0.4 is 10.2 Å². The van der Waals surface area contributed by atoms with E-state index >= 15 is 0 Å². The zero-order chi connectivity index (χ0) is 14.7. The van der Waals surface area contributed by atoms with Gasteiger partial charge in [0.25, 0.3) is 0 Å². The molecule has 2 aromatic heterocycles. The molecule has 3 rings (SSSR count). The number of hydrogen-bond acceptors (Lipinski definition) is 6. The number of rotatable bonds is 3. The Balaban J connectivity index is 1.81. The molecular formula is C15H20N6. The fourth-order valence-corrected chi connectivity index (χ4v) is 2.81. The third kappa shape index (κ3) is 3.09. The molecule has 1 fully saturated rings. The summed E-state index contributed by atoms with van der Waals surface area (Å²) in [6.45, 7) is 3.89. The van der Waals surface area contributed by atoms with Gasteiger partial charge in [0.2, 0.25) is 0 Å². The van der Waals surface area contributed by atoms with E-state index in [-0.39, 0.29) is 0 Å². The lowest BCUT2D eigenvalue weighted by Gasteiger charge is -2.33. The van der Waals surface area contributed by atoms with Gasteiger partial charge in [-0.25, -0.2) is 15.0 Å². The molecule has 1 aliphatic heterocycles. The Morgan fingerprint density at radius 3 is 2.95 bits per heavy atom. The Morgan fingerprint density at radius 2 is 2.19 bits per heavy atom. The van der Waals surface area contributed by atoms with Crippen molar-refractivity contribution in [1.82, 2.24) is 19.9 Å². The number of anilines is 2. The van der Waals surface area contributed by atoms with Gasteiger partial charge in [0.1, 0.15) is 17.5 Å².